The third kappa shape index (κ3) is 5.41. The highest BCUT2D eigenvalue weighted by atomic mass is 35.5. The summed E-state index contributed by atoms with van der Waals surface area (Å²) in [5.74, 6) is 0.0934. The second kappa shape index (κ2) is 10.0. The van der Waals surface area contributed by atoms with Crippen molar-refractivity contribution in [3.8, 4) is 5.75 Å². The summed E-state index contributed by atoms with van der Waals surface area (Å²) >= 11 is 0. The van der Waals surface area contributed by atoms with Crippen LogP contribution in [0, 0.1) is 5.82 Å². The Morgan fingerprint density at radius 3 is 2.77 bits per heavy atom. The van der Waals surface area contributed by atoms with Crippen LogP contribution in [0.4, 0.5) is 4.39 Å². The Morgan fingerprint density at radius 2 is 2.09 bits per heavy atom. The lowest BCUT2D eigenvalue weighted by atomic mass is 10.1. The molecule has 22 heavy (non-hydrogen) atoms. The molecule has 0 aliphatic carbocycles. The van der Waals surface area contributed by atoms with Gasteiger partial charge in [-0.1, -0.05) is 13.0 Å². The average molecular weight is 331 g/mol. The molecule has 0 bridgehead atoms. The third-order valence-corrected chi connectivity index (χ3v) is 4.15. The number of halogens is 2. The van der Waals surface area contributed by atoms with Crippen LogP contribution < -0.4 is 10.1 Å². The van der Waals surface area contributed by atoms with E-state index in [0.717, 1.165) is 31.7 Å². The Balaban J connectivity index is 0.00000242. The van der Waals surface area contributed by atoms with Gasteiger partial charge in [-0.2, -0.15) is 0 Å². The van der Waals surface area contributed by atoms with Crippen molar-refractivity contribution in [2.45, 2.75) is 45.7 Å². The molecule has 0 saturated carbocycles. The van der Waals surface area contributed by atoms with Crippen LogP contribution in [0.5, 0.6) is 5.75 Å². The van der Waals surface area contributed by atoms with Gasteiger partial charge in [0.25, 0.3) is 0 Å². The quantitative estimate of drug-likeness (QED) is 0.862. The Labute approximate surface area is 139 Å². The zero-order valence-electron chi connectivity index (χ0n) is 13.6. The van der Waals surface area contributed by atoms with E-state index in [-0.39, 0.29) is 18.2 Å². The summed E-state index contributed by atoms with van der Waals surface area (Å²) in [5, 5.41) is 3.45. The van der Waals surface area contributed by atoms with Gasteiger partial charge >= 0.3 is 0 Å². The van der Waals surface area contributed by atoms with E-state index in [0.29, 0.717) is 18.4 Å². The molecule has 5 heteroatoms. The van der Waals surface area contributed by atoms with Crippen LogP contribution in [0.1, 0.15) is 38.7 Å². The molecule has 1 aromatic rings. The summed E-state index contributed by atoms with van der Waals surface area (Å²) < 4.78 is 19.2. The van der Waals surface area contributed by atoms with Crippen molar-refractivity contribution in [2.75, 3.05) is 26.2 Å². The fraction of sp³-hybridized carbons (Fsp3) is 0.647. The minimum Gasteiger partial charge on any atom is -0.491 e. The molecule has 1 aliphatic rings. The van der Waals surface area contributed by atoms with Crippen molar-refractivity contribution >= 4 is 12.4 Å². The largest absolute Gasteiger partial charge is 0.491 e. The van der Waals surface area contributed by atoms with Gasteiger partial charge in [0.15, 0.2) is 11.6 Å². The monoisotopic (exact) mass is 330 g/mol. The maximum Gasteiger partial charge on any atom is 0.165 e. The molecule has 0 spiro atoms. The van der Waals surface area contributed by atoms with Gasteiger partial charge in [0.2, 0.25) is 0 Å². The third-order valence-electron chi connectivity index (χ3n) is 4.15. The summed E-state index contributed by atoms with van der Waals surface area (Å²) in [7, 11) is 0. The highest BCUT2D eigenvalue weighted by Gasteiger charge is 2.19. The topological polar surface area (TPSA) is 24.5 Å². The maximum absolute atomic E-state index is 13.9. The van der Waals surface area contributed by atoms with E-state index in [4.69, 9.17) is 4.74 Å². The minimum absolute atomic E-state index is 0. The van der Waals surface area contributed by atoms with Gasteiger partial charge < -0.3 is 10.1 Å². The fourth-order valence-electron chi connectivity index (χ4n) is 3.01. The zero-order chi connectivity index (χ0) is 15.1. The predicted molar refractivity (Wildman–Crippen MR) is 91.4 cm³/mol. The van der Waals surface area contributed by atoms with Crippen molar-refractivity contribution in [3.63, 3.8) is 0 Å². The standard InChI is InChI=1S/C17H27FN2O.ClH/c1-3-20(15-6-5-10-19-11-9-15)13-14-7-8-17(21-4-2)16(18)12-14;/h7-8,12,15,19H,3-6,9-11,13H2,1-2H3;1H. The zero-order valence-corrected chi connectivity index (χ0v) is 14.4. The van der Waals surface area contributed by atoms with Crippen molar-refractivity contribution < 1.29 is 9.13 Å². The summed E-state index contributed by atoms with van der Waals surface area (Å²) in [4.78, 5) is 2.46. The van der Waals surface area contributed by atoms with E-state index in [1.165, 1.54) is 19.3 Å². The molecule has 1 saturated heterocycles. The van der Waals surface area contributed by atoms with E-state index in [9.17, 15) is 4.39 Å². The molecule has 0 radical (unpaired) electrons. The molecule has 0 amide bonds. The number of hydrogen-bond acceptors (Lipinski definition) is 3. The molecule has 1 aromatic carbocycles. The van der Waals surface area contributed by atoms with Gasteiger partial charge in [-0.3, -0.25) is 4.90 Å². The highest BCUT2D eigenvalue weighted by molar-refractivity contribution is 5.85. The fourth-order valence-corrected chi connectivity index (χ4v) is 3.01. The van der Waals surface area contributed by atoms with Crippen LogP contribution in [-0.2, 0) is 6.54 Å². The van der Waals surface area contributed by atoms with Gasteiger partial charge in [0, 0.05) is 12.6 Å². The molecule has 126 valence electrons. The molecular formula is C17H28ClFN2O. The smallest absolute Gasteiger partial charge is 0.165 e. The molecule has 0 aromatic heterocycles. The first-order chi connectivity index (χ1) is 10.2. The van der Waals surface area contributed by atoms with Crippen LogP contribution in [0.25, 0.3) is 0 Å². The van der Waals surface area contributed by atoms with Crippen LogP contribution >= 0.6 is 12.4 Å². The van der Waals surface area contributed by atoms with Gasteiger partial charge in [-0.25, -0.2) is 4.39 Å². The average Bonchev–Trinajstić information content (AvgIpc) is 2.76. The number of benzene rings is 1. The molecule has 1 unspecified atom stereocenters. The van der Waals surface area contributed by atoms with Crippen molar-refractivity contribution in [1.82, 2.24) is 10.2 Å². The Bertz CT molecular complexity index is 437. The second-order valence-corrected chi connectivity index (χ2v) is 5.60. The lowest BCUT2D eigenvalue weighted by molar-refractivity contribution is 0.182. The molecule has 1 fully saturated rings. The van der Waals surface area contributed by atoms with Crippen molar-refractivity contribution in [3.05, 3.63) is 29.6 Å². The van der Waals surface area contributed by atoms with Crippen LogP contribution in [0.2, 0.25) is 0 Å². The van der Waals surface area contributed by atoms with Gasteiger partial charge in [-0.05, 0) is 63.5 Å². The normalized spacial score (nSPS) is 18.6. The second-order valence-electron chi connectivity index (χ2n) is 5.60. The van der Waals surface area contributed by atoms with Crippen LogP contribution in [0.3, 0.4) is 0 Å². The van der Waals surface area contributed by atoms with E-state index >= 15 is 0 Å². The lowest BCUT2D eigenvalue weighted by Gasteiger charge is -2.30. The first-order valence-corrected chi connectivity index (χ1v) is 8.10. The molecule has 1 heterocycles. The van der Waals surface area contributed by atoms with E-state index < -0.39 is 0 Å². The summed E-state index contributed by atoms with van der Waals surface area (Å²) in [6, 6.07) is 5.94. The Morgan fingerprint density at radius 1 is 1.27 bits per heavy atom. The number of hydrogen-bond donors (Lipinski definition) is 1. The molecular weight excluding hydrogens is 303 g/mol. The summed E-state index contributed by atoms with van der Waals surface area (Å²) in [6.07, 6.45) is 3.62. The Kier molecular flexibility index (Phi) is 8.76. The van der Waals surface area contributed by atoms with Crippen molar-refractivity contribution in [2.24, 2.45) is 0 Å². The SMILES string of the molecule is CCOc1ccc(CN(CC)C2CCCNCC2)cc1F.Cl. The number of rotatable bonds is 6. The molecule has 3 nitrogen and oxygen atoms in total. The summed E-state index contributed by atoms with van der Waals surface area (Å²) in [6.45, 7) is 8.55. The van der Waals surface area contributed by atoms with Crippen molar-refractivity contribution in [1.29, 1.82) is 0 Å². The number of ether oxygens (including phenoxy) is 1. The highest BCUT2D eigenvalue weighted by Crippen LogP contribution is 2.21. The lowest BCUT2D eigenvalue weighted by Crippen LogP contribution is -2.35. The maximum atomic E-state index is 13.9. The number of nitrogens with zero attached hydrogens (tertiary/aromatic N) is 1. The van der Waals surface area contributed by atoms with E-state index in [1.807, 2.05) is 13.0 Å². The molecule has 1 aliphatic heterocycles. The van der Waals surface area contributed by atoms with Crippen LogP contribution in [-0.4, -0.2) is 37.2 Å². The molecule has 2 rings (SSSR count). The first-order valence-electron chi connectivity index (χ1n) is 8.10. The predicted octanol–water partition coefficient (Wildman–Crippen LogP) is 3.61. The molecule has 1 N–H and O–H groups in total. The van der Waals surface area contributed by atoms with E-state index in [1.54, 1.807) is 12.1 Å². The van der Waals surface area contributed by atoms with E-state index in [2.05, 4.69) is 17.1 Å². The van der Waals surface area contributed by atoms with Crippen LogP contribution in [0.15, 0.2) is 18.2 Å². The van der Waals surface area contributed by atoms with Gasteiger partial charge in [0.05, 0.1) is 6.61 Å². The first kappa shape index (κ1) is 19.2. The van der Waals surface area contributed by atoms with Gasteiger partial charge in [-0.15, -0.1) is 12.4 Å². The summed E-state index contributed by atoms with van der Waals surface area (Å²) in [5.41, 5.74) is 1.02. The number of nitrogens with one attached hydrogen (secondary N) is 1. The minimum atomic E-state index is -0.257. The Hall–Kier alpha value is -0.840. The van der Waals surface area contributed by atoms with Gasteiger partial charge in [0.1, 0.15) is 0 Å². The molecule has 1 atom stereocenters.